The van der Waals surface area contributed by atoms with E-state index in [0.717, 1.165) is 38.2 Å². The third-order valence-electron chi connectivity index (χ3n) is 5.46. The SMILES string of the molecule is C=CCN1CCC(N2C(=O)Nc3ccccc3C2c2ccccc2)CC1. The molecule has 2 aliphatic rings. The van der Waals surface area contributed by atoms with Crippen LogP contribution in [0.15, 0.2) is 67.3 Å². The van der Waals surface area contributed by atoms with Crippen molar-refractivity contribution in [1.29, 1.82) is 0 Å². The monoisotopic (exact) mass is 347 g/mol. The summed E-state index contributed by atoms with van der Waals surface area (Å²) < 4.78 is 0. The largest absolute Gasteiger partial charge is 0.322 e. The highest BCUT2D eigenvalue weighted by Gasteiger charge is 2.38. The summed E-state index contributed by atoms with van der Waals surface area (Å²) >= 11 is 0. The number of rotatable bonds is 4. The van der Waals surface area contributed by atoms with Gasteiger partial charge in [0.1, 0.15) is 0 Å². The second-order valence-electron chi connectivity index (χ2n) is 7.06. The van der Waals surface area contributed by atoms with E-state index >= 15 is 0 Å². The minimum absolute atomic E-state index is 0.0136. The highest BCUT2D eigenvalue weighted by atomic mass is 16.2. The van der Waals surface area contributed by atoms with Gasteiger partial charge in [-0.25, -0.2) is 4.79 Å². The van der Waals surface area contributed by atoms with E-state index in [2.05, 4.69) is 58.1 Å². The average molecular weight is 347 g/mol. The highest BCUT2D eigenvalue weighted by Crippen LogP contribution is 2.40. The van der Waals surface area contributed by atoms with Crippen molar-refractivity contribution in [2.24, 2.45) is 0 Å². The summed E-state index contributed by atoms with van der Waals surface area (Å²) in [5.41, 5.74) is 3.27. The summed E-state index contributed by atoms with van der Waals surface area (Å²) in [7, 11) is 0. The number of amides is 2. The molecule has 2 amide bonds. The van der Waals surface area contributed by atoms with Crippen molar-refractivity contribution in [3.05, 3.63) is 78.4 Å². The van der Waals surface area contributed by atoms with E-state index in [1.54, 1.807) is 0 Å². The Balaban J connectivity index is 1.68. The van der Waals surface area contributed by atoms with E-state index in [9.17, 15) is 4.79 Å². The van der Waals surface area contributed by atoms with E-state index in [4.69, 9.17) is 0 Å². The molecule has 1 N–H and O–H groups in total. The van der Waals surface area contributed by atoms with Crippen LogP contribution in [-0.4, -0.2) is 41.5 Å². The molecular formula is C22H25N3O. The summed E-state index contributed by atoms with van der Waals surface area (Å²) in [6.07, 6.45) is 3.94. The molecule has 0 bridgehead atoms. The topological polar surface area (TPSA) is 35.6 Å². The summed E-state index contributed by atoms with van der Waals surface area (Å²) in [6, 6.07) is 18.8. The zero-order valence-corrected chi connectivity index (χ0v) is 15.0. The maximum absolute atomic E-state index is 13.0. The minimum atomic E-state index is -0.0305. The molecule has 1 fully saturated rings. The molecule has 0 aromatic heterocycles. The first-order valence-corrected chi connectivity index (χ1v) is 9.34. The smallest absolute Gasteiger partial charge is 0.310 e. The van der Waals surface area contributed by atoms with Crippen molar-refractivity contribution in [2.45, 2.75) is 24.9 Å². The standard InChI is InChI=1S/C22H25N3O/c1-2-14-24-15-12-18(13-16-24)25-21(17-8-4-3-5-9-17)19-10-6-7-11-20(19)23-22(25)26/h2-11,18,21H,1,12-16H2,(H,23,26). The van der Waals surface area contributed by atoms with Crippen LogP contribution in [-0.2, 0) is 0 Å². The number of benzene rings is 2. The van der Waals surface area contributed by atoms with Gasteiger partial charge in [-0.15, -0.1) is 6.58 Å². The Bertz CT molecular complexity index is 781. The number of nitrogens with zero attached hydrogens (tertiary/aromatic N) is 2. The lowest BCUT2D eigenvalue weighted by Crippen LogP contribution is -2.52. The molecule has 2 aromatic carbocycles. The van der Waals surface area contributed by atoms with Gasteiger partial charge in [-0.2, -0.15) is 0 Å². The van der Waals surface area contributed by atoms with Crippen LogP contribution in [0.3, 0.4) is 0 Å². The second kappa shape index (κ2) is 7.34. The summed E-state index contributed by atoms with van der Waals surface area (Å²) in [4.78, 5) is 17.5. The minimum Gasteiger partial charge on any atom is -0.310 e. The molecular weight excluding hydrogens is 322 g/mol. The van der Waals surface area contributed by atoms with Crippen LogP contribution in [0.4, 0.5) is 10.5 Å². The second-order valence-corrected chi connectivity index (χ2v) is 7.06. The fourth-order valence-corrected chi connectivity index (χ4v) is 4.21. The summed E-state index contributed by atoms with van der Waals surface area (Å²) in [5.74, 6) is 0. The number of carbonyl (C=O) groups is 1. The Morgan fingerprint density at radius 2 is 1.73 bits per heavy atom. The molecule has 2 heterocycles. The predicted molar refractivity (Wildman–Crippen MR) is 105 cm³/mol. The van der Waals surface area contributed by atoms with Gasteiger partial charge in [-0.05, 0) is 24.5 Å². The van der Waals surface area contributed by atoms with Crippen molar-refractivity contribution in [3.63, 3.8) is 0 Å². The molecule has 0 spiro atoms. The molecule has 26 heavy (non-hydrogen) atoms. The van der Waals surface area contributed by atoms with Crippen molar-refractivity contribution >= 4 is 11.7 Å². The van der Waals surface area contributed by atoms with Gasteiger partial charge in [0.25, 0.3) is 0 Å². The van der Waals surface area contributed by atoms with E-state index in [-0.39, 0.29) is 18.1 Å². The van der Waals surface area contributed by atoms with Crippen molar-refractivity contribution < 1.29 is 4.79 Å². The van der Waals surface area contributed by atoms with Crippen LogP contribution >= 0.6 is 0 Å². The van der Waals surface area contributed by atoms with Crippen LogP contribution in [0.5, 0.6) is 0 Å². The zero-order chi connectivity index (χ0) is 17.9. The zero-order valence-electron chi connectivity index (χ0n) is 15.0. The molecule has 134 valence electrons. The number of hydrogen-bond acceptors (Lipinski definition) is 2. The number of urea groups is 1. The lowest BCUT2D eigenvalue weighted by Gasteiger charge is -2.45. The molecule has 0 aliphatic carbocycles. The van der Waals surface area contributed by atoms with E-state index in [1.165, 1.54) is 11.1 Å². The van der Waals surface area contributed by atoms with E-state index < -0.39 is 0 Å². The first-order chi connectivity index (χ1) is 12.8. The first kappa shape index (κ1) is 16.9. The van der Waals surface area contributed by atoms with Gasteiger partial charge in [0, 0.05) is 36.9 Å². The maximum atomic E-state index is 13.0. The lowest BCUT2D eigenvalue weighted by atomic mass is 9.90. The number of likely N-dealkylation sites (tertiary alicyclic amines) is 1. The van der Waals surface area contributed by atoms with Crippen LogP contribution in [0.25, 0.3) is 0 Å². The van der Waals surface area contributed by atoms with Crippen LogP contribution in [0.1, 0.15) is 30.0 Å². The third-order valence-corrected chi connectivity index (χ3v) is 5.46. The fraction of sp³-hybridized carbons (Fsp3) is 0.318. The Kier molecular flexibility index (Phi) is 4.76. The normalized spacial score (nSPS) is 21.2. The molecule has 4 rings (SSSR count). The molecule has 1 saturated heterocycles. The van der Waals surface area contributed by atoms with Gasteiger partial charge in [0.05, 0.1) is 6.04 Å². The number of carbonyl (C=O) groups excluding carboxylic acids is 1. The lowest BCUT2D eigenvalue weighted by molar-refractivity contribution is 0.114. The van der Waals surface area contributed by atoms with Crippen molar-refractivity contribution in [2.75, 3.05) is 25.0 Å². The van der Waals surface area contributed by atoms with E-state index in [0.29, 0.717) is 0 Å². The van der Waals surface area contributed by atoms with Gasteiger partial charge >= 0.3 is 6.03 Å². The van der Waals surface area contributed by atoms with Crippen LogP contribution in [0, 0.1) is 0 Å². The maximum Gasteiger partial charge on any atom is 0.322 e. The van der Waals surface area contributed by atoms with Crippen LogP contribution < -0.4 is 5.32 Å². The molecule has 0 saturated carbocycles. The number of nitrogens with one attached hydrogen (secondary N) is 1. The number of fused-ring (bicyclic) bond motifs is 1. The number of piperidine rings is 1. The van der Waals surface area contributed by atoms with Crippen LogP contribution in [0.2, 0.25) is 0 Å². The van der Waals surface area contributed by atoms with E-state index in [1.807, 2.05) is 24.3 Å². The first-order valence-electron chi connectivity index (χ1n) is 9.34. The molecule has 0 radical (unpaired) electrons. The number of hydrogen-bond donors (Lipinski definition) is 1. The molecule has 4 heteroatoms. The Morgan fingerprint density at radius 3 is 2.46 bits per heavy atom. The molecule has 4 nitrogen and oxygen atoms in total. The molecule has 2 aromatic rings. The Labute approximate surface area is 155 Å². The Hall–Kier alpha value is -2.59. The van der Waals surface area contributed by atoms with Gasteiger partial charge in [-0.3, -0.25) is 4.90 Å². The highest BCUT2D eigenvalue weighted by molar-refractivity contribution is 5.93. The summed E-state index contributed by atoms with van der Waals surface area (Å²) in [5, 5.41) is 3.10. The third kappa shape index (κ3) is 3.13. The molecule has 1 unspecified atom stereocenters. The van der Waals surface area contributed by atoms with Gasteiger partial charge in [-0.1, -0.05) is 54.6 Å². The Morgan fingerprint density at radius 1 is 1.04 bits per heavy atom. The quantitative estimate of drug-likeness (QED) is 0.838. The van der Waals surface area contributed by atoms with Gasteiger partial charge in [0.2, 0.25) is 0 Å². The number of para-hydroxylation sites is 1. The predicted octanol–water partition coefficient (Wildman–Crippen LogP) is 4.27. The fourth-order valence-electron chi connectivity index (χ4n) is 4.21. The number of anilines is 1. The van der Waals surface area contributed by atoms with Gasteiger partial charge in [0.15, 0.2) is 0 Å². The molecule has 2 aliphatic heterocycles. The van der Waals surface area contributed by atoms with Crippen molar-refractivity contribution in [3.8, 4) is 0 Å². The van der Waals surface area contributed by atoms with Gasteiger partial charge < -0.3 is 10.2 Å². The van der Waals surface area contributed by atoms with Crippen molar-refractivity contribution in [1.82, 2.24) is 9.80 Å². The average Bonchev–Trinajstić information content (AvgIpc) is 2.69. The molecule has 1 atom stereocenters. The summed E-state index contributed by atoms with van der Waals surface area (Å²) in [6.45, 7) is 6.76.